The number of aliphatic hydroxyl groups is 1. The lowest BCUT2D eigenvalue weighted by Gasteiger charge is -2.29. The highest BCUT2D eigenvalue weighted by atomic mass is 16.3. The average molecular weight is 228 g/mol. The summed E-state index contributed by atoms with van der Waals surface area (Å²) in [5.41, 5.74) is -0.378. The van der Waals surface area contributed by atoms with Crippen LogP contribution in [-0.4, -0.2) is 35.7 Å². The summed E-state index contributed by atoms with van der Waals surface area (Å²) in [5, 5.41) is 15.4. The molecule has 4 heteroatoms. The Balaban J connectivity index is 2.60. The molecule has 0 aromatic heterocycles. The van der Waals surface area contributed by atoms with E-state index in [2.05, 4.69) is 17.6 Å². The maximum Gasteiger partial charge on any atom is 0.240 e. The predicted octanol–water partition coefficient (Wildman–Crippen LogP) is 0.796. The molecule has 1 saturated heterocycles. The van der Waals surface area contributed by atoms with Crippen molar-refractivity contribution in [3.63, 3.8) is 0 Å². The Hall–Kier alpha value is -0.610. The molecule has 0 bridgehead atoms. The van der Waals surface area contributed by atoms with Crippen LogP contribution in [0, 0.1) is 0 Å². The van der Waals surface area contributed by atoms with Gasteiger partial charge in [-0.15, -0.1) is 0 Å². The summed E-state index contributed by atoms with van der Waals surface area (Å²) in [6.45, 7) is 5.00. The van der Waals surface area contributed by atoms with Crippen LogP contribution in [0.1, 0.15) is 46.0 Å². The molecular formula is C12H24N2O2. The third-order valence-corrected chi connectivity index (χ3v) is 3.40. The van der Waals surface area contributed by atoms with Gasteiger partial charge < -0.3 is 15.7 Å². The van der Waals surface area contributed by atoms with E-state index in [1.807, 2.05) is 6.92 Å². The predicted molar refractivity (Wildman–Crippen MR) is 64.2 cm³/mol. The van der Waals surface area contributed by atoms with Crippen molar-refractivity contribution in [2.24, 2.45) is 0 Å². The highest BCUT2D eigenvalue weighted by Crippen LogP contribution is 2.25. The van der Waals surface area contributed by atoms with E-state index in [1.54, 1.807) is 0 Å². The number of rotatable bonds is 6. The van der Waals surface area contributed by atoms with E-state index in [0.29, 0.717) is 0 Å². The van der Waals surface area contributed by atoms with Gasteiger partial charge in [-0.3, -0.25) is 4.79 Å². The van der Waals surface area contributed by atoms with Gasteiger partial charge in [0.15, 0.2) is 0 Å². The zero-order chi connectivity index (χ0) is 12.0. The van der Waals surface area contributed by atoms with Gasteiger partial charge in [0.05, 0.1) is 18.2 Å². The third-order valence-electron chi connectivity index (χ3n) is 3.40. The minimum Gasteiger partial charge on any atom is -0.394 e. The van der Waals surface area contributed by atoms with Crippen LogP contribution < -0.4 is 10.6 Å². The summed E-state index contributed by atoms with van der Waals surface area (Å²) in [6.07, 6.45) is 4.61. The number of nitrogens with one attached hydrogen (secondary N) is 2. The quantitative estimate of drug-likeness (QED) is 0.630. The van der Waals surface area contributed by atoms with Crippen LogP contribution in [0.25, 0.3) is 0 Å². The summed E-state index contributed by atoms with van der Waals surface area (Å²) in [4.78, 5) is 12.2. The Labute approximate surface area is 97.8 Å². The Kier molecular flexibility index (Phi) is 5.22. The second kappa shape index (κ2) is 6.21. The van der Waals surface area contributed by atoms with E-state index in [1.165, 1.54) is 0 Å². The van der Waals surface area contributed by atoms with Crippen molar-refractivity contribution >= 4 is 5.91 Å². The number of hydrogen-bond donors (Lipinski definition) is 3. The SMILES string of the molecule is CCCC1(C(=O)N[C@@H](CC)CO)CCCN1. The van der Waals surface area contributed by atoms with Crippen molar-refractivity contribution in [2.75, 3.05) is 13.2 Å². The van der Waals surface area contributed by atoms with Crippen molar-refractivity contribution in [1.29, 1.82) is 0 Å². The summed E-state index contributed by atoms with van der Waals surface area (Å²) >= 11 is 0. The van der Waals surface area contributed by atoms with Gasteiger partial charge in [-0.05, 0) is 32.2 Å². The van der Waals surface area contributed by atoms with Crippen molar-refractivity contribution in [2.45, 2.75) is 57.5 Å². The van der Waals surface area contributed by atoms with E-state index in [4.69, 9.17) is 5.11 Å². The van der Waals surface area contributed by atoms with Crippen LogP contribution >= 0.6 is 0 Å². The first kappa shape index (κ1) is 13.5. The van der Waals surface area contributed by atoms with Gasteiger partial charge >= 0.3 is 0 Å². The van der Waals surface area contributed by atoms with Gasteiger partial charge in [0, 0.05) is 0 Å². The first-order valence-electron chi connectivity index (χ1n) is 6.35. The fourth-order valence-corrected chi connectivity index (χ4v) is 2.35. The van der Waals surface area contributed by atoms with Crippen LogP contribution in [-0.2, 0) is 4.79 Å². The molecule has 1 unspecified atom stereocenters. The molecule has 2 atom stereocenters. The van der Waals surface area contributed by atoms with Crippen molar-refractivity contribution in [1.82, 2.24) is 10.6 Å². The lowest BCUT2D eigenvalue weighted by molar-refractivity contribution is -0.128. The van der Waals surface area contributed by atoms with Crippen molar-refractivity contribution < 1.29 is 9.90 Å². The zero-order valence-corrected chi connectivity index (χ0v) is 10.4. The second-order valence-electron chi connectivity index (χ2n) is 4.62. The van der Waals surface area contributed by atoms with Gasteiger partial charge in [-0.25, -0.2) is 0 Å². The molecule has 3 N–H and O–H groups in total. The van der Waals surface area contributed by atoms with Crippen molar-refractivity contribution in [3.05, 3.63) is 0 Å². The molecule has 0 radical (unpaired) electrons. The van der Waals surface area contributed by atoms with Crippen LogP contribution in [0.5, 0.6) is 0 Å². The molecule has 0 aromatic carbocycles. The molecule has 0 aliphatic carbocycles. The first-order chi connectivity index (χ1) is 7.68. The zero-order valence-electron chi connectivity index (χ0n) is 10.4. The third kappa shape index (κ3) is 2.95. The molecule has 94 valence electrons. The van der Waals surface area contributed by atoms with Crippen LogP contribution in [0.15, 0.2) is 0 Å². The maximum atomic E-state index is 12.2. The van der Waals surface area contributed by atoms with E-state index in [0.717, 1.165) is 38.6 Å². The molecule has 1 heterocycles. The van der Waals surface area contributed by atoms with Gasteiger partial charge in [-0.2, -0.15) is 0 Å². The Morgan fingerprint density at radius 1 is 1.56 bits per heavy atom. The van der Waals surface area contributed by atoms with Crippen molar-refractivity contribution in [3.8, 4) is 0 Å². The fraction of sp³-hybridized carbons (Fsp3) is 0.917. The Morgan fingerprint density at radius 2 is 2.31 bits per heavy atom. The summed E-state index contributed by atoms with van der Waals surface area (Å²) in [5.74, 6) is 0.0627. The van der Waals surface area contributed by atoms with Crippen LogP contribution in [0.4, 0.5) is 0 Å². The number of aliphatic hydroxyl groups excluding tert-OH is 1. The summed E-state index contributed by atoms with van der Waals surface area (Å²) < 4.78 is 0. The van der Waals surface area contributed by atoms with E-state index in [-0.39, 0.29) is 24.1 Å². The average Bonchev–Trinajstić information content (AvgIpc) is 2.76. The normalized spacial score (nSPS) is 26.7. The van der Waals surface area contributed by atoms with Gasteiger partial charge in [0.1, 0.15) is 0 Å². The van der Waals surface area contributed by atoms with E-state index >= 15 is 0 Å². The molecule has 1 amide bonds. The number of amides is 1. The lowest BCUT2D eigenvalue weighted by Crippen LogP contribution is -2.56. The molecule has 1 rings (SSSR count). The highest BCUT2D eigenvalue weighted by molar-refractivity contribution is 5.86. The molecule has 1 fully saturated rings. The number of hydrogen-bond acceptors (Lipinski definition) is 3. The molecule has 1 aliphatic rings. The Bertz CT molecular complexity index is 221. The molecule has 16 heavy (non-hydrogen) atoms. The molecular weight excluding hydrogens is 204 g/mol. The highest BCUT2D eigenvalue weighted by Gasteiger charge is 2.40. The van der Waals surface area contributed by atoms with Gasteiger partial charge in [-0.1, -0.05) is 20.3 Å². The smallest absolute Gasteiger partial charge is 0.240 e. The minimum atomic E-state index is -0.378. The molecule has 0 saturated carbocycles. The molecule has 4 nitrogen and oxygen atoms in total. The van der Waals surface area contributed by atoms with Gasteiger partial charge in [0.2, 0.25) is 5.91 Å². The van der Waals surface area contributed by atoms with Gasteiger partial charge in [0.25, 0.3) is 0 Å². The van der Waals surface area contributed by atoms with E-state index < -0.39 is 0 Å². The van der Waals surface area contributed by atoms with Crippen LogP contribution in [0.2, 0.25) is 0 Å². The summed E-state index contributed by atoms with van der Waals surface area (Å²) in [6, 6.07) is -0.108. The minimum absolute atomic E-state index is 0.0183. The first-order valence-corrected chi connectivity index (χ1v) is 6.35. The monoisotopic (exact) mass is 228 g/mol. The lowest BCUT2D eigenvalue weighted by atomic mass is 9.90. The fourth-order valence-electron chi connectivity index (χ4n) is 2.35. The molecule has 0 spiro atoms. The maximum absolute atomic E-state index is 12.2. The topological polar surface area (TPSA) is 61.4 Å². The van der Waals surface area contributed by atoms with Crippen LogP contribution in [0.3, 0.4) is 0 Å². The molecule has 1 aliphatic heterocycles. The standard InChI is InChI=1S/C12H24N2O2/c1-3-6-12(7-5-8-13-12)11(16)14-10(4-2)9-15/h10,13,15H,3-9H2,1-2H3,(H,14,16)/t10-,12?/m0/s1. The molecule has 0 aromatic rings. The Morgan fingerprint density at radius 3 is 2.75 bits per heavy atom. The second-order valence-corrected chi connectivity index (χ2v) is 4.62. The number of carbonyl (C=O) groups is 1. The summed E-state index contributed by atoms with van der Waals surface area (Å²) in [7, 11) is 0. The largest absolute Gasteiger partial charge is 0.394 e. The van der Waals surface area contributed by atoms with E-state index in [9.17, 15) is 4.79 Å². The number of carbonyl (C=O) groups excluding carboxylic acids is 1.